The highest BCUT2D eigenvalue weighted by Gasteiger charge is 2.16. The Kier molecular flexibility index (Phi) is 2.33. The summed E-state index contributed by atoms with van der Waals surface area (Å²) in [6, 6.07) is 3.71. The third-order valence-corrected chi connectivity index (χ3v) is 2.03. The molecule has 72 valence electrons. The van der Waals surface area contributed by atoms with Crippen molar-refractivity contribution in [3.05, 3.63) is 33.7 Å². The van der Waals surface area contributed by atoms with E-state index in [9.17, 15) is 4.79 Å². The van der Waals surface area contributed by atoms with Gasteiger partial charge in [-0.2, -0.15) is 0 Å². The second kappa shape index (κ2) is 3.02. The zero-order valence-electron chi connectivity index (χ0n) is 9.01. The van der Waals surface area contributed by atoms with Crippen LogP contribution in [0, 0.1) is 13.8 Å². The molecule has 0 atom stereocenters. The molecular weight excluding hydrogens is 162 g/mol. The fourth-order valence-electron chi connectivity index (χ4n) is 1.73. The number of rotatable bonds is 0. The molecule has 0 saturated carbocycles. The van der Waals surface area contributed by atoms with Crippen LogP contribution < -0.4 is 5.56 Å². The second-order valence-corrected chi connectivity index (χ2v) is 4.52. The minimum Gasteiger partial charge on any atom is -0.308 e. The van der Waals surface area contributed by atoms with Crippen molar-refractivity contribution < 1.29 is 0 Å². The molecule has 0 N–H and O–H groups in total. The summed E-state index contributed by atoms with van der Waals surface area (Å²) in [5.74, 6) is 0. The molecule has 0 aliphatic rings. The van der Waals surface area contributed by atoms with Crippen LogP contribution in [0.4, 0.5) is 0 Å². The lowest BCUT2D eigenvalue weighted by Crippen LogP contribution is -2.35. The topological polar surface area (TPSA) is 22.0 Å². The minimum absolute atomic E-state index is 0.0880. The van der Waals surface area contributed by atoms with Crippen molar-refractivity contribution >= 4 is 0 Å². The van der Waals surface area contributed by atoms with Gasteiger partial charge in [-0.15, -0.1) is 0 Å². The van der Waals surface area contributed by atoms with E-state index in [1.165, 1.54) is 0 Å². The first-order valence-electron chi connectivity index (χ1n) is 4.53. The molecule has 0 radical (unpaired) electrons. The zero-order chi connectivity index (χ0) is 10.2. The van der Waals surface area contributed by atoms with Crippen LogP contribution in [0.25, 0.3) is 0 Å². The minimum atomic E-state index is -0.130. The Bertz CT molecular complexity index is 369. The third-order valence-electron chi connectivity index (χ3n) is 2.03. The summed E-state index contributed by atoms with van der Waals surface area (Å²) in [4.78, 5) is 11.7. The molecule has 0 unspecified atom stereocenters. The number of nitrogens with zero attached hydrogens (tertiary/aromatic N) is 1. The predicted octanol–water partition coefficient (Wildman–Crippen LogP) is 2.22. The van der Waals surface area contributed by atoms with Crippen LogP contribution in [0.2, 0.25) is 0 Å². The zero-order valence-corrected chi connectivity index (χ0v) is 9.01. The van der Waals surface area contributed by atoms with Gasteiger partial charge in [0.2, 0.25) is 0 Å². The van der Waals surface area contributed by atoms with Gasteiger partial charge in [-0.1, -0.05) is 0 Å². The van der Waals surface area contributed by atoms with Gasteiger partial charge in [0.25, 0.3) is 5.56 Å². The summed E-state index contributed by atoms with van der Waals surface area (Å²) in [5, 5.41) is 0. The average Bonchev–Trinajstić information content (AvgIpc) is 1.78. The van der Waals surface area contributed by atoms with Gasteiger partial charge in [0.15, 0.2) is 0 Å². The molecule has 1 aromatic rings. The number of pyridine rings is 1. The highest BCUT2D eigenvalue weighted by atomic mass is 16.1. The van der Waals surface area contributed by atoms with E-state index in [1.54, 1.807) is 6.07 Å². The normalized spacial score (nSPS) is 11.8. The van der Waals surface area contributed by atoms with Crippen molar-refractivity contribution in [1.82, 2.24) is 4.57 Å². The van der Waals surface area contributed by atoms with E-state index in [0.717, 1.165) is 11.3 Å². The summed E-state index contributed by atoms with van der Waals surface area (Å²) in [7, 11) is 0. The van der Waals surface area contributed by atoms with Crippen molar-refractivity contribution in [1.29, 1.82) is 0 Å². The van der Waals surface area contributed by atoms with Gasteiger partial charge >= 0.3 is 0 Å². The molecule has 0 amide bonds. The molecular formula is C11H17NO. The second-order valence-electron chi connectivity index (χ2n) is 4.52. The first-order valence-corrected chi connectivity index (χ1v) is 4.53. The molecule has 0 aliphatic heterocycles. The number of hydrogen-bond acceptors (Lipinski definition) is 1. The molecule has 0 saturated heterocycles. The van der Waals surface area contributed by atoms with Gasteiger partial charge < -0.3 is 4.57 Å². The largest absolute Gasteiger partial charge is 0.308 e. The maximum atomic E-state index is 11.7. The smallest absolute Gasteiger partial charge is 0.251 e. The van der Waals surface area contributed by atoms with Crippen molar-refractivity contribution in [2.75, 3.05) is 0 Å². The van der Waals surface area contributed by atoms with Crippen LogP contribution in [0.3, 0.4) is 0 Å². The molecule has 1 rings (SSSR count). The van der Waals surface area contributed by atoms with Crippen molar-refractivity contribution in [3.8, 4) is 0 Å². The van der Waals surface area contributed by atoms with Crippen LogP contribution in [-0.4, -0.2) is 4.57 Å². The van der Waals surface area contributed by atoms with Crippen LogP contribution in [-0.2, 0) is 5.54 Å². The van der Waals surface area contributed by atoms with Gasteiger partial charge in [-0.05, 0) is 46.2 Å². The van der Waals surface area contributed by atoms with Crippen LogP contribution in [0.1, 0.15) is 32.0 Å². The van der Waals surface area contributed by atoms with Crippen molar-refractivity contribution in [2.45, 2.75) is 40.2 Å². The fraction of sp³-hybridized carbons (Fsp3) is 0.545. The fourth-order valence-corrected chi connectivity index (χ4v) is 1.73. The average molecular weight is 179 g/mol. The Balaban J connectivity index is 3.47. The van der Waals surface area contributed by atoms with E-state index in [0.29, 0.717) is 0 Å². The van der Waals surface area contributed by atoms with Gasteiger partial charge in [0.05, 0.1) is 0 Å². The SMILES string of the molecule is Cc1cc(C)n(C(C)(C)C)c(=O)c1. The lowest BCUT2D eigenvalue weighted by atomic mass is 10.1. The highest BCUT2D eigenvalue weighted by Crippen LogP contribution is 2.13. The van der Waals surface area contributed by atoms with Crippen molar-refractivity contribution in [3.63, 3.8) is 0 Å². The van der Waals surface area contributed by atoms with E-state index >= 15 is 0 Å². The van der Waals surface area contributed by atoms with Crippen LogP contribution >= 0.6 is 0 Å². The molecule has 0 aromatic carbocycles. The summed E-state index contributed by atoms with van der Waals surface area (Å²) < 4.78 is 1.82. The van der Waals surface area contributed by atoms with E-state index in [4.69, 9.17) is 0 Å². The van der Waals surface area contributed by atoms with E-state index in [2.05, 4.69) is 0 Å². The molecule has 0 aliphatic carbocycles. The number of aryl methyl sites for hydroxylation is 2. The Morgan fingerprint density at radius 3 is 2.08 bits per heavy atom. The van der Waals surface area contributed by atoms with Gasteiger partial charge in [-0.3, -0.25) is 4.79 Å². The third kappa shape index (κ3) is 2.00. The monoisotopic (exact) mass is 179 g/mol. The Hall–Kier alpha value is -1.05. The van der Waals surface area contributed by atoms with Gasteiger partial charge in [0.1, 0.15) is 0 Å². The van der Waals surface area contributed by atoms with E-state index in [1.807, 2.05) is 45.3 Å². The lowest BCUT2D eigenvalue weighted by Gasteiger charge is -2.25. The molecule has 13 heavy (non-hydrogen) atoms. The molecule has 2 nitrogen and oxygen atoms in total. The first-order chi connectivity index (χ1) is 5.82. The Morgan fingerprint density at radius 2 is 1.69 bits per heavy atom. The maximum Gasteiger partial charge on any atom is 0.251 e. The molecule has 2 heteroatoms. The van der Waals surface area contributed by atoms with Crippen molar-refractivity contribution in [2.24, 2.45) is 0 Å². The quantitative estimate of drug-likeness (QED) is 0.598. The molecule has 0 fully saturated rings. The Morgan fingerprint density at radius 1 is 1.15 bits per heavy atom. The van der Waals surface area contributed by atoms with E-state index in [-0.39, 0.29) is 11.1 Å². The van der Waals surface area contributed by atoms with E-state index < -0.39 is 0 Å². The summed E-state index contributed by atoms with van der Waals surface area (Å²) in [5.41, 5.74) is 2.01. The molecule has 0 bridgehead atoms. The standard InChI is InChI=1S/C11H17NO/c1-8-6-9(2)12(10(13)7-8)11(3,4)5/h6-7H,1-5H3. The first kappa shape index (κ1) is 10.0. The maximum absolute atomic E-state index is 11.7. The summed E-state index contributed by atoms with van der Waals surface area (Å²) in [6.45, 7) is 10.0. The lowest BCUT2D eigenvalue weighted by molar-refractivity contribution is 0.375. The molecule has 1 aromatic heterocycles. The summed E-state index contributed by atoms with van der Waals surface area (Å²) >= 11 is 0. The van der Waals surface area contributed by atoms with Gasteiger partial charge in [0, 0.05) is 17.3 Å². The number of hydrogen-bond donors (Lipinski definition) is 0. The van der Waals surface area contributed by atoms with Crippen LogP contribution in [0.15, 0.2) is 16.9 Å². The highest BCUT2D eigenvalue weighted by molar-refractivity contribution is 5.16. The predicted molar refractivity (Wildman–Crippen MR) is 55.2 cm³/mol. The van der Waals surface area contributed by atoms with Gasteiger partial charge in [-0.25, -0.2) is 0 Å². The summed E-state index contributed by atoms with van der Waals surface area (Å²) in [6.07, 6.45) is 0. The Labute approximate surface area is 79.2 Å². The molecule has 1 heterocycles. The number of aromatic nitrogens is 1. The van der Waals surface area contributed by atoms with Crippen LogP contribution in [0.5, 0.6) is 0 Å². The molecule has 0 spiro atoms.